The van der Waals surface area contributed by atoms with Gasteiger partial charge in [0.25, 0.3) is 0 Å². The van der Waals surface area contributed by atoms with Crippen LogP contribution in [0.2, 0.25) is 0 Å². The summed E-state index contributed by atoms with van der Waals surface area (Å²) in [5, 5.41) is 2.08. The van der Waals surface area contributed by atoms with E-state index >= 15 is 0 Å². The fraction of sp³-hybridized carbons (Fsp3) is 0.208. The molecule has 30 heavy (non-hydrogen) atoms. The van der Waals surface area contributed by atoms with Crippen molar-refractivity contribution in [1.82, 2.24) is 4.90 Å². The molecule has 0 spiro atoms. The summed E-state index contributed by atoms with van der Waals surface area (Å²) in [7, 11) is 0. The lowest BCUT2D eigenvalue weighted by atomic mass is 9.98. The first kappa shape index (κ1) is 19.0. The van der Waals surface area contributed by atoms with Gasteiger partial charge in [0.05, 0.1) is 11.1 Å². The molecular formula is C24H20FNO3S. The quantitative estimate of drug-likeness (QED) is 0.543. The second-order valence-electron chi connectivity index (χ2n) is 7.52. The average molecular weight is 421 g/mol. The Labute approximate surface area is 178 Å². The molecule has 5 rings (SSSR count). The highest BCUT2D eigenvalue weighted by molar-refractivity contribution is 7.09. The van der Waals surface area contributed by atoms with Crippen LogP contribution in [-0.2, 0) is 13.0 Å². The smallest absolute Gasteiger partial charge is 0.232 e. The van der Waals surface area contributed by atoms with E-state index in [9.17, 15) is 9.18 Å². The van der Waals surface area contributed by atoms with Gasteiger partial charge in [-0.2, -0.15) is 0 Å². The average Bonchev–Trinajstić information content (AvgIpc) is 3.36. The van der Waals surface area contributed by atoms with E-state index in [1.54, 1.807) is 29.5 Å². The monoisotopic (exact) mass is 421 g/mol. The van der Waals surface area contributed by atoms with E-state index in [1.807, 2.05) is 13.0 Å². The van der Waals surface area contributed by atoms with Crippen molar-refractivity contribution in [2.75, 3.05) is 13.3 Å². The van der Waals surface area contributed by atoms with Gasteiger partial charge in [0.15, 0.2) is 5.76 Å². The van der Waals surface area contributed by atoms with Crippen molar-refractivity contribution in [2.45, 2.75) is 19.9 Å². The normalized spacial score (nSPS) is 16.9. The largest absolute Gasteiger partial charge is 0.478 e. The summed E-state index contributed by atoms with van der Waals surface area (Å²) in [6.45, 7) is 3.92. The SMILES string of the molecule is Cc1cc2c(c3c1C(=O)/C(=C/c1cccc(F)c1)O3)CN(CCc1cccs1)CO2. The van der Waals surface area contributed by atoms with Crippen LogP contribution in [0, 0.1) is 12.7 Å². The molecule has 1 aromatic heterocycles. The summed E-state index contributed by atoms with van der Waals surface area (Å²) < 4.78 is 25.5. The number of aryl methyl sites for hydroxylation is 1. The molecule has 0 unspecified atom stereocenters. The Morgan fingerprint density at radius 3 is 2.93 bits per heavy atom. The number of hydrogen-bond acceptors (Lipinski definition) is 5. The van der Waals surface area contributed by atoms with E-state index in [-0.39, 0.29) is 17.4 Å². The predicted molar refractivity (Wildman–Crippen MR) is 114 cm³/mol. The number of thiophene rings is 1. The highest BCUT2D eigenvalue weighted by Gasteiger charge is 2.35. The lowest BCUT2D eigenvalue weighted by Gasteiger charge is -2.30. The maximum atomic E-state index is 13.5. The van der Waals surface area contributed by atoms with Crippen LogP contribution in [0.4, 0.5) is 4.39 Å². The number of ketones is 1. The summed E-state index contributed by atoms with van der Waals surface area (Å²) in [6.07, 6.45) is 2.55. The number of benzene rings is 2. The Morgan fingerprint density at radius 1 is 1.23 bits per heavy atom. The molecule has 0 saturated carbocycles. The van der Waals surface area contributed by atoms with Crippen LogP contribution < -0.4 is 9.47 Å². The molecule has 3 aromatic rings. The van der Waals surface area contributed by atoms with Gasteiger partial charge in [-0.3, -0.25) is 9.69 Å². The second-order valence-corrected chi connectivity index (χ2v) is 8.56. The standard InChI is InChI=1S/C24H20FNO3S/c1-15-10-20-19(13-26(14-28-20)8-7-18-6-3-9-30-18)24-22(15)23(27)21(29-24)12-16-4-2-5-17(25)11-16/h2-6,9-12H,7-8,13-14H2,1H3/b21-12-. The van der Waals surface area contributed by atoms with Crippen LogP contribution in [0.5, 0.6) is 11.5 Å². The van der Waals surface area contributed by atoms with Crippen molar-refractivity contribution in [3.8, 4) is 11.5 Å². The highest BCUT2D eigenvalue weighted by Crippen LogP contribution is 2.44. The van der Waals surface area contributed by atoms with Crippen LogP contribution in [-0.4, -0.2) is 24.0 Å². The summed E-state index contributed by atoms with van der Waals surface area (Å²) in [4.78, 5) is 16.6. The molecule has 0 atom stereocenters. The van der Waals surface area contributed by atoms with E-state index in [0.29, 0.717) is 30.2 Å². The molecular weight excluding hydrogens is 401 g/mol. The summed E-state index contributed by atoms with van der Waals surface area (Å²) in [5.74, 6) is 1.01. The Bertz CT molecular complexity index is 1150. The van der Waals surface area contributed by atoms with Crippen molar-refractivity contribution in [3.05, 3.63) is 86.6 Å². The third kappa shape index (κ3) is 3.53. The van der Waals surface area contributed by atoms with Gasteiger partial charge in [-0.15, -0.1) is 11.3 Å². The molecule has 152 valence electrons. The molecule has 6 heteroatoms. The molecule has 0 radical (unpaired) electrons. The van der Waals surface area contributed by atoms with Gasteiger partial charge in [0.2, 0.25) is 5.78 Å². The van der Waals surface area contributed by atoms with E-state index in [0.717, 1.165) is 29.8 Å². The third-order valence-electron chi connectivity index (χ3n) is 5.39. The fourth-order valence-corrected chi connectivity index (χ4v) is 4.59. The maximum Gasteiger partial charge on any atom is 0.232 e. The number of Topliss-reactive ketones (excluding diaryl/α,β-unsaturated/α-hetero) is 1. The number of ether oxygens (including phenoxy) is 2. The zero-order chi connectivity index (χ0) is 20.7. The zero-order valence-corrected chi connectivity index (χ0v) is 17.3. The van der Waals surface area contributed by atoms with Crippen LogP contribution >= 0.6 is 11.3 Å². The minimum absolute atomic E-state index is 0.176. The predicted octanol–water partition coefficient (Wildman–Crippen LogP) is 5.21. The molecule has 2 aromatic carbocycles. The molecule has 0 fully saturated rings. The van der Waals surface area contributed by atoms with Gasteiger partial charge in [-0.1, -0.05) is 18.2 Å². The molecule has 0 N–H and O–H groups in total. The minimum atomic E-state index is -0.351. The number of fused-ring (bicyclic) bond motifs is 3. The number of halogens is 1. The Kier molecular flexibility index (Phi) is 4.89. The van der Waals surface area contributed by atoms with Crippen molar-refractivity contribution < 1.29 is 18.7 Å². The van der Waals surface area contributed by atoms with Crippen LogP contribution in [0.3, 0.4) is 0 Å². The molecule has 0 bridgehead atoms. The Hall–Kier alpha value is -2.96. The van der Waals surface area contributed by atoms with E-state index in [2.05, 4.69) is 22.4 Å². The highest BCUT2D eigenvalue weighted by atomic mass is 32.1. The van der Waals surface area contributed by atoms with E-state index in [1.165, 1.54) is 17.0 Å². The fourth-order valence-electron chi connectivity index (χ4n) is 3.89. The number of nitrogens with zero attached hydrogens (tertiary/aromatic N) is 1. The van der Waals surface area contributed by atoms with Crippen molar-refractivity contribution >= 4 is 23.2 Å². The van der Waals surface area contributed by atoms with Crippen LogP contribution in [0.15, 0.2) is 53.6 Å². The van der Waals surface area contributed by atoms with Gasteiger partial charge >= 0.3 is 0 Å². The van der Waals surface area contributed by atoms with Crippen LogP contribution in [0.1, 0.15) is 31.9 Å². The van der Waals surface area contributed by atoms with Gasteiger partial charge in [-0.25, -0.2) is 4.39 Å². The van der Waals surface area contributed by atoms with Crippen molar-refractivity contribution in [1.29, 1.82) is 0 Å². The van der Waals surface area contributed by atoms with Gasteiger partial charge < -0.3 is 9.47 Å². The number of allylic oxidation sites excluding steroid dienone is 1. The molecule has 0 amide bonds. The Morgan fingerprint density at radius 2 is 2.13 bits per heavy atom. The first-order valence-corrected chi connectivity index (χ1v) is 10.7. The number of hydrogen-bond donors (Lipinski definition) is 0. The number of carbonyl (C=O) groups excluding carboxylic acids is 1. The molecule has 2 aliphatic heterocycles. The van der Waals surface area contributed by atoms with E-state index in [4.69, 9.17) is 9.47 Å². The number of carbonyl (C=O) groups is 1. The molecule has 0 aliphatic carbocycles. The summed E-state index contributed by atoms with van der Waals surface area (Å²) in [5.41, 5.74) is 2.87. The number of rotatable bonds is 4. The molecule has 3 heterocycles. The second kappa shape index (κ2) is 7.70. The maximum absolute atomic E-state index is 13.5. The molecule has 2 aliphatic rings. The summed E-state index contributed by atoms with van der Waals surface area (Å²) in [6, 6.07) is 12.2. The minimum Gasteiger partial charge on any atom is -0.478 e. The first-order chi connectivity index (χ1) is 14.6. The molecule has 0 saturated heterocycles. The third-order valence-corrected chi connectivity index (χ3v) is 6.32. The van der Waals surface area contributed by atoms with E-state index < -0.39 is 0 Å². The topological polar surface area (TPSA) is 38.8 Å². The van der Waals surface area contributed by atoms with Crippen LogP contribution in [0.25, 0.3) is 6.08 Å². The van der Waals surface area contributed by atoms with Crippen molar-refractivity contribution in [2.24, 2.45) is 0 Å². The lowest BCUT2D eigenvalue weighted by molar-refractivity contribution is 0.0951. The first-order valence-electron chi connectivity index (χ1n) is 9.82. The lowest BCUT2D eigenvalue weighted by Crippen LogP contribution is -2.33. The Balaban J connectivity index is 1.43. The van der Waals surface area contributed by atoms with Gasteiger partial charge in [0, 0.05) is 18.0 Å². The van der Waals surface area contributed by atoms with Gasteiger partial charge in [-0.05, 0) is 60.2 Å². The molecule has 4 nitrogen and oxygen atoms in total. The summed E-state index contributed by atoms with van der Waals surface area (Å²) >= 11 is 1.75. The zero-order valence-electron chi connectivity index (χ0n) is 16.5. The van der Waals surface area contributed by atoms with Crippen molar-refractivity contribution in [3.63, 3.8) is 0 Å². The van der Waals surface area contributed by atoms with Gasteiger partial charge in [0.1, 0.15) is 24.0 Å².